The monoisotopic (exact) mass is 393 g/mol. The summed E-state index contributed by atoms with van der Waals surface area (Å²) in [6.45, 7) is 3.15. The van der Waals surface area contributed by atoms with E-state index in [4.69, 9.17) is 4.74 Å². The summed E-state index contributed by atoms with van der Waals surface area (Å²) in [5.74, 6) is 0.822. The van der Waals surface area contributed by atoms with Crippen LogP contribution in [0.2, 0.25) is 0 Å². The third-order valence-electron chi connectivity index (χ3n) is 4.14. The molecule has 3 heterocycles. The van der Waals surface area contributed by atoms with Gasteiger partial charge in [0.2, 0.25) is 5.91 Å². The molecule has 1 fully saturated rings. The van der Waals surface area contributed by atoms with Crippen molar-refractivity contribution in [1.82, 2.24) is 4.98 Å². The predicted octanol–water partition coefficient (Wildman–Crippen LogP) is 3.22. The van der Waals surface area contributed by atoms with Crippen LogP contribution < -0.4 is 10.2 Å². The van der Waals surface area contributed by atoms with Gasteiger partial charge in [-0.25, -0.2) is 4.98 Å². The lowest BCUT2D eigenvalue weighted by atomic mass is 9.92. The van der Waals surface area contributed by atoms with E-state index in [1.807, 2.05) is 12.1 Å². The maximum atomic E-state index is 12.1. The number of thiazole rings is 1. The first-order valence-electron chi connectivity index (χ1n) is 7.59. The normalized spacial score (nSPS) is 21.0. The highest BCUT2D eigenvalue weighted by Gasteiger charge is 2.31. The molecule has 0 bridgehead atoms. The number of amides is 1. The van der Waals surface area contributed by atoms with E-state index in [0.717, 1.165) is 52.2 Å². The molecule has 1 N–H and O–H groups in total. The Morgan fingerprint density at radius 2 is 2.17 bits per heavy atom. The quantitative estimate of drug-likeness (QED) is 0.850. The first kappa shape index (κ1) is 15.1. The number of morpholine rings is 1. The van der Waals surface area contributed by atoms with E-state index in [0.29, 0.717) is 6.42 Å². The molecule has 23 heavy (non-hydrogen) atoms. The maximum absolute atomic E-state index is 12.1. The molecule has 0 unspecified atom stereocenters. The number of anilines is 2. The second-order valence-corrected chi connectivity index (χ2v) is 7.59. The van der Waals surface area contributed by atoms with Crippen molar-refractivity contribution in [2.45, 2.75) is 12.3 Å². The summed E-state index contributed by atoms with van der Waals surface area (Å²) < 4.78 is 6.43. The fraction of sp³-hybridized carbons (Fsp3) is 0.375. The minimum absolute atomic E-state index is 0.0290. The highest BCUT2D eigenvalue weighted by Crippen LogP contribution is 2.43. The zero-order valence-corrected chi connectivity index (χ0v) is 14.8. The van der Waals surface area contributed by atoms with E-state index in [9.17, 15) is 4.79 Å². The Balaban J connectivity index is 1.71. The lowest BCUT2D eigenvalue weighted by molar-refractivity contribution is -0.116. The number of nitrogens with zero attached hydrogens (tertiary/aromatic N) is 2. The number of carbonyl (C=O) groups is 1. The third-order valence-corrected chi connectivity index (χ3v) is 5.86. The lowest BCUT2D eigenvalue weighted by Gasteiger charge is -2.26. The van der Waals surface area contributed by atoms with Crippen LogP contribution in [0.4, 0.5) is 10.9 Å². The molecule has 1 aromatic carbocycles. The summed E-state index contributed by atoms with van der Waals surface area (Å²) in [6, 6.07) is 8.17. The van der Waals surface area contributed by atoms with E-state index in [1.54, 1.807) is 11.3 Å². The third kappa shape index (κ3) is 3.00. The summed E-state index contributed by atoms with van der Waals surface area (Å²) in [5, 5.41) is 3.90. The van der Waals surface area contributed by atoms with Crippen molar-refractivity contribution < 1.29 is 9.53 Å². The van der Waals surface area contributed by atoms with Gasteiger partial charge in [-0.3, -0.25) is 4.79 Å². The highest BCUT2D eigenvalue weighted by molar-refractivity contribution is 9.10. The minimum atomic E-state index is 0.0290. The number of fused-ring (bicyclic) bond motifs is 1. The molecule has 1 atom stereocenters. The van der Waals surface area contributed by atoms with Gasteiger partial charge in [0.1, 0.15) is 5.82 Å². The number of nitrogens with one attached hydrogen (secondary N) is 1. The number of carbonyl (C=O) groups excluding carboxylic acids is 1. The molecule has 5 nitrogen and oxygen atoms in total. The number of hydrogen-bond donors (Lipinski definition) is 1. The van der Waals surface area contributed by atoms with Crippen molar-refractivity contribution >= 4 is 44.1 Å². The van der Waals surface area contributed by atoms with E-state index in [-0.39, 0.29) is 11.8 Å². The molecule has 0 radical (unpaired) electrons. The second-order valence-electron chi connectivity index (χ2n) is 5.67. The van der Waals surface area contributed by atoms with Crippen molar-refractivity contribution in [3.63, 3.8) is 0 Å². The van der Waals surface area contributed by atoms with Crippen LogP contribution in [0.3, 0.4) is 0 Å². The average Bonchev–Trinajstić information content (AvgIpc) is 2.98. The second kappa shape index (κ2) is 6.22. The molecule has 2 aliphatic heterocycles. The number of halogens is 1. The van der Waals surface area contributed by atoms with Gasteiger partial charge in [-0.05, 0) is 17.7 Å². The first-order valence-corrected chi connectivity index (χ1v) is 9.20. The Hall–Kier alpha value is -1.44. The van der Waals surface area contributed by atoms with Crippen LogP contribution in [-0.2, 0) is 9.53 Å². The van der Waals surface area contributed by atoms with Crippen molar-refractivity contribution in [3.05, 3.63) is 39.2 Å². The Labute approximate surface area is 146 Å². The molecule has 120 valence electrons. The fourth-order valence-electron chi connectivity index (χ4n) is 2.99. The lowest BCUT2D eigenvalue weighted by Crippen LogP contribution is -2.36. The Morgan fingerprint density at radius 1 is 1.35 bits per heavy atom. The van der Waals surface area contributed by atoms with E-state index in [1.165, 1.54) is 0 Å². The molecule has 2 aromatic rings. The van der Waals surface area contributed by atoms with E-state index >= 15 is 0 Å². The van der Waals surface area contributed by atoms with Gasteiger partial charge in [-0.2, -0.15) is 0 Å². The molecule has 2 aliphatic rings. The molecule has 1 aromatic heterocycles. The Morgan fingerprint density at radius 3 is 2.96 bits per heavy atom. The van der Waals surface area contributed by atoms with Crippen LogP contribution in [-0.4, -0.2) is 37.2 Å². The standard InChI is InChI=1S/C16H16BrN3O2S/c17-11-3-1-2-10(8-11)12-9-13(21)18-15-14(12)23-16(19-15)20-4-6-22-7-5-20/h1-3,8,12H,4-7,9H2,(H,18,21)/t12-/m1/s1. The smallest absolute Gasteiger partial charge is 0.226 e. The Kier molecular flexibility index (Phi) is 4.09. The van der Waals surface area contributed by atoms with Crippen molar-refractivity contribution in [3.8, 4) is 0 Å². The number of ether oxygens (including phenoxy) is 1. The molecule has 0 spiro atoms. The summed E-state index contributed by atoms with van der Waals surface area (Å²) in [4.78, 5) is 20.1. The van der Waals surface area contributed by atoms with Crippen LogP contribution in [0.15, 0.2) is 28.7 Å². The van der Waals surface area contributed by atoms with Crippen LogP contribution in [0.1, 0.15) is 22.8 Å². The van der Waals surface area contributed by atoms with E-state index < -0.39 is 0 Å². The molecule has 1 amide bonds. The molecule has 1 saturated heterocycles. The van der Waals surface area contributed by atoms with Crippen molar-refractivity contribution in [2.75, 3.05) is 36.5 Å². The summed E-state index contributed by atoms with van der Waals surface area (Å²) in [5.41, 5.74) is 1.15. The predicted molar refractivity (Wildman–Crippen MR) is 94.4 cm³/mol. The van der Waals surface area contributed by atoms with Crippen LogP contribution in [0.25, 0.3) is 0 Å². The number of hydrogen-bond acceptors (Lipinski definition) is 5. The Bertz CT molecular complexity index is 743. The van der Waals surface area contributed by atoms with Gasteiger partial charge < -0.3 is 15.0 Å². The van der Waals surface area contributed by atoms with Gasteiger partial charge in [-0.15, -0.1) is 0 Å². The van der Waals surface area contributed by atoms with Crippen LogP contribution in [0, 0.1) is 0 Å². The molecular formula is C16H16BrN3O2S. The first-order chi connectivity index (χ1) is 11.2. The number of rotatable bonds is 2. The summed E-state index contributed by atoms with van der Waals surface area (Å²) in [6.07, 6.45) is 0.466. The molecular weight excluding hydrogens is 378 g/mol. The van der Waals surface area contributed by atoms with Gasteiger partial charge in [0.25, 0.3) is 0 Å². The van der Waals surface area contributed by atoms with Gasteiger partial charge in [0.15, 0.2) is 5.13 Å². The molecule has 0 aliphatic carbocycles. The van der Waals surface area contributed by atoms with Gasteiger partial charge >= 0.3 is 0 Å². The molecule has 4 rings (SSSR count). The molecule has 7 heteroatoms. The van der Waals surface area contributed by atoms with Gasteiger partial charge in [-0.1, -0.05) is 39.4 Å². The SMILES string of the molecule is O=C1C[C@H](c2cccc(Br)c2)c2sc(N3CCOCC3)nc2N1. The van der Waals surface area contributed by atoms with Gasteiger partial charge in [0, 0.05) is 29.9 Å². The largest absolute Gasteiger partial charge is 0.378 e. The van der Waals surface area contributed by atoms with Crippen molar-refractivity contribution in [1.29, 1.82) is 0 Å². The topological polar surface area (TPSA) is 54.5 Å². The van der Waals surface area contributed by atoms with Crippen molar-refractivity contribution in [2.24, 2.45) is 0 Å². The number of aromatic nitrogens is 1. The van der Waals surface area contributed by atoms with Gasteiger partial charge in [0.05, 0.1) is 18.1 Å². The molecule has 0 saturated carbocycles. The van der Waals surface area contributed by atoms with Crippen LogP contribution in [0.5, 0.6) is 0 Å². The highest BCUT2D eigenvalue weighted by atomic mass is 79.9. The summed E-state index contributed by atoms with van der Waals surface area (Å²) >= 11 is 5.20. The van der Waals surface area contributed by atoms with Crippen LogP contribution >= 0.6 is 27.3 Å². The zero-order chi connectivity index (χ0) is 15.8. The average molecular weight is 394 g/mol. The zero-order valence-electron chi connectivity index (χ0n) is 12.4. The number of benzene rings is 1. The van der Waals surface area contributed by atoms with E-state index in [2.05, 4.69) is 43.3 Å². The summed E-state index contributed by atoms with van der Waals surface area (Å²) in [7, 11) is 0. The minimum Gasteiger partial charge on any atom is -0.378 e. The maximum Gasteiger partial charge on any atom is 0.226 e. The fourth-order valence-corrected chi connectivity index (χ4v) is 4.61.